The number of hydrazone groups is 1. The number of hydrogen-bond donors (Lipinski definition) is 1. The van der Waals surface area contributed by atoms with E-state index >= 15 is 0 Å². The van der Waals surface area contributed by atoms with Crippen molar-refractivity contribution in [2.45, 2.75) is 0 Å². The van der Waals surface area contributed by atoms with Crippen LogP contribution >= 0.6 is 0 Å². The highest BCUT2D eigenvalue weighted by Gasteiger charge is 2.08. The lowest BCUT2D eigenvalue weighted by Crippen LogP contribution is -2.00. The van der Waals surface area contributed by atoms with Crippen LogP contribution in [0.15, 0.2) is 17.2 Å². The minimum atomic E-state index is -0.975. The van der Waals surface area contributed by atoms with Crippen LogP contribution in [0.5, 0.6) is 0 Å². The van der Waals surface area contributed by atoms with Gasteiger partial charge in [0.05, 0.1) is 11.8 Å². The van der Waals surface area contributed by atoms with Gasteiger partial charge in [-0.25, -0.2) is 13.2 Å². The highest BCUT2D eigenvalue weighted by atomic mass is 19.1. The third-order valence-corrected chi connectivity index (χ3v) is 1.37. The van der Waals surface area contributed by atoms with E-state index in [-0.39, 0.29) is 5.56 Å². The Balaban J connectivity index is 3.13. The van der Waals surface area contributed by atoms with Crippen molar-refractivity contribution in [2.24, 2.45) is 5.10 Å². The second-order valence-electron chi connectivity index (χ2n) is 2.26. The van der Waals surface area contributed by atoms with E-state index in [2.05, 4.69) is 10.5 Å². The Morgan fingerprint density at radius 1 is 1.23 bits per heavy atom. The molecule has 0 saturated heterocycles. The monoisotopic (exact) mass is 188 g/mol. The fraction of sp³-hybridized carbons (Fsp3) is 0.125. The van der Waals surface area contributed by atoms with Gasteiger partial charge in [0, 0.05) is 19.2 Å². The van der Waals surface area contributed by atoms with Gasteiger partial charge in [0.15, 0.2) is 0 Å². The molecule has 0 spiro atoms. The van der Waals surface area contributed by atoms with Crippen LogP contribution < -0.4 is 5.43 Å². The molecule has 0 atom stereocenters. The number of nitrogens with zero attached hydrogens (tertiary/aromatic N) is 1. The smallest absolute Gasteiger partial charge is 0.137 e. The van der Waals surface area contributed by atoms with Crippen LogP contribution in [0.2, 0.25) is 0 Å². The minimum absolute atomic E-state index is 0.365. The SMILES string of the molecule is CNN=Cc1c(F)cc(F)cc1F. The molecule has 0 fully saturated rings. The predicted octanol–water partition coefficient (Wildman–Crippen LogP) is 1.66. The average molecular weight is 188 g/mol. The Hall–Kier alpha value is -1.52. The highest BCUT2D eigenvalue weighted by molar-refractivity contribution is 5.80. The maximum atomic E-state index is 12.8. The van der Waals surface area contributed by atoms with Gasteiger partial charge in [-0.2, -0.15) is 5.10 Å². The normalized spacial score (nSPS) is 10.8. The van der Waals surface area contributed by atoms with Gasteiger partial charge in [0.1, 0.15) is 17.5 Å². The molecule has 1 aromatic rings. The second-order valence-corrected chi connectivity index (χ2v) is 2.26. The molecule has 2 nitrogen and oxygen atoms in total. The summed E-state index contributed by atoms with van der Waals surface area (Å²) in [5.41, 5.74) is 1.96. The highest BCUT2D eigenvalue weighted by Crippen LogP contribution is 2.12. The summed E-state index contributed by atoms with van der Waals surface area (Å²) < 4.78 is 38.1. The zero-order valence-corrected chi connectivity index (χ0v) is 6.81. The topological polar surface area (TPSA) is 24.4 Å². The van der Waals surface area contributed by atoms with Crippen molar-refractivity contribution in [3.05, 3.63) is 35.1 Å². The van der Waals surface area contributed by atoms with Gasteiger partial charge < -0.3 is 5.43 Å². The number of benzene rings is 1. The Morgan fingerprint density at radius 2 is 1.77 bits per heavy atom. The van der Waals surface area contributed by atoms with Crippen LogP contribution in [0.4, 0.5) is 13.2 Å². The predicted molar refractivity (Wildman–Crippen MR) is 43.0 cm³/mol. The molecule has 1 rings (SSSR count). The first kappa shape index (κ1) is 9.57. The van der Waals surface area contributed by atoms with Gasteiger partial charge in [-0.15, -0.1) is 0 Å². The lowest BCUT2D eigenvalue weighted by molar-refractivity contribution is 0.541. The van der Waals surface area contributed by atoms with Gasteiger partial charge in [0.25, 0.3) is 0 Å². The van der Waals surface area contributed by atoms with E-state index in [1.54, 1.807) is 0 Å². The van der Waals surface area contributed by atoms with Gasteiger partial charge in [-0.1, -0.05) is 0 Å². The Kier molecular flexibility index (Phi) is 2.89. The Bertz CT molecular complexity index is 313. The molecule has 0 heterocycles. The van der Waals surface area contributed by atoms with Gasteiger partial charge in [-0.3, -0.25) is 0 Å². The van der Waals surface area contributed by atoms with Crippen LogP contribution in [-0.4, -0.2) is 13.3 Å². The maximum absolute atomic E-state index is 12.8. The molecule has 0 unspecified atom stereocenters. The first-order valence-electron chi connectivity index (χ1n) is 3.49. The molecule has 70 valence electrons. The molecule has 0 aliphatic heterocycles. The largest absolute Gasteiger partial charge is 0.313 e. The Labute approximate surface area is 73.1 Å². The standard InChI is InChI=1S/C8H7F3N2/c1-12-13-4-6-7(10)2-5(9)3-8(6)11/h2-4,12H,1H3. The van der Waals surface area contributed by atoms with E-state index in [4.69, 9.17) is 0 Å². The molecule has 5 heteroatoms. The van der Waals surface area contributed by atoms with E-state index in [9.17, 15) is 13.2 Å². The summed E-state index contributed by atoms with van der Waals surface area (Å²) in [5, 5.41) is 3.42. The van der Waals surface area contributed by atoms with Crippen LogP contribution in [0.25, 0.3) is 0 Å². The number of rotatable bonds is 2. The van der Waals surface area contributed by atoms with Crippen molar-refractivity contribution in [3.63, 3.8) is 0 Å². The summed E-state index contributed by atoms with van der Waals surface area (Å²) in [6.07, 6.45) is 0.949. The zero-order chi connectivity index (χ0) is 9.84. The van der Waals surface area contributed by atoms with Crippen molar-refractivity contribution in [3.8, 4) is 0 Å². The molecule has 0 aliphatic rings. The summed E-state index contributed by atoms with van der Waals surface area (Å²) in [4.78, 5) is 0. The summed E-state index contributed by atoms with van der Waals surface area (Å²) in [7, 11) is 1.48. The summed E-state index contributed by atoms with van der Waals surface area (Å²) in [6.45, 7) is 0. The maximum Gasteiger partial charge on any atom is 0.137 e. The van der Waals surface area contributed by atoms with Crippen molar-refractivity contribution in [2.75, 3.05) is 7.05 Å². The lowest BCUT2D eigenvalue weighted by Gasteiger charge is -1.98. The minimum Gasteiger partial charge on any atom is -0.313 e. The Morgan fingerprint density at radius 3 is 2.23 bits per heavy atom. The third kappa shape index (κ3) is 2.21. The number of nitrogens with one attached hydrogen (secondary N) is 1. The van der Waals surface area contributed by atoms with E-state index in [0.717, 1.165) is 6.21 Å². The summed E-state index contributed by atoms with van der Waals surface area (Å²) >= 11 is 0. The lowest BCUT2D eigenvalue weighted by atomic mass is 10.2. The molecule has 0 aromatic heterocycles. The van der Waals surface area contributed by atoms with Crippen LogP contribution in [-0.2, 0) is 0 Å². The molecular formula is C8H7F3N2. The summed E-state index contributed by atoms with van der Waals surface area (Å²) in [6, 6.07) is 1.19. The van der Waals surface area contributed by atoms with Crippen LogP contribution in [0, 0.1) is 17.5 Å². The van der Waals surface area contributed by atoms with Crippen molar-refractivity contribution < 1.29 is 13.2 Å². The second kappa shape index (κ2) is 3.93. The molecule has 0 amide bonds. The fourth-order valence-corrected chi connectivity index (χ4v) is 0.806. The summed E-state index contributed by atoms with van der Waals surface area (Å²) in [5.74, 6) is -2.90. The third-order valence-electron chi connectivity index (χ3n) is 1.37. The van der Waals surface area contributed by atoms with E-state index in [1.807, 2.05) is 0 Å². The van der Waals surface area contributed by atoms with Crippen molar-refractivity contribution >= 4 is 6.21 Å². The average Bonchev–Trinajstić information content (AvgIpc) is 2.02. The van der Waals surface area contributed by atoms with E-state index in [1.165, 1.54) is 7.05 Å². The molecule has 1 N–H and O–H groups in total. The molecule has 1 aromatic carbocycles. The zero-order valence-electron chi connectivity index (χ0n) is 6.81. The molecule has 13 heavy (non-hydrogen) atoms. The van der Waals surface area contributed by atoms with Gasteiger partial charge >= 0.3 is 0 Å². The molecule has 0 aliphatic carbocycles. The van der Waals surface area contributed by atoms with Gasteiger partial charge in [-0.05, 0) is 0 Å². The fourth-order valence-electron chi connectivity index (χ4n) is 0.806. The van der Waals surface area contributed by atoms with Gasteiger partial charge in [0.2, 0.25) is 0 Å². The first-order valence-corrected chi connectivity index (χ1v) is 3.49. The molecular weight excluding hydrogens is 181 g/mol. The molecule has 0 bridgehead atoms. The van der Waals surface area contributed by atoms with E-state index in [0.29, 0.717) is 12.1 Å². The van der Waals surface area contributed by atoms with Crippen LogP contribution in [0.1, 0.15) is 5.56 Å². The van der Waals surface area contributed by atoms with Crippen molar-refractivity contribution in [1.29, 1.82) is 0 Å². The molecule has 0 saturated carbocycles. The molecule has 0 radical (unpaired) electrons. The van der Waals surface area contributed by atoms with E-state index < -0.39 is 17.5 Å². The number of halogens is 3. The first-order chi connectivity index (χ1) is 6.15. The quantitative estimate of drug-likeness (QED) is 0.554. The number of hydrogen-bond acceptors (Lipinski definition) is 2. The van der Waals surface area contributed by atoms with Crippen LogP contribution in [0.3, 0.4) is 0 Å². The van der Waals surface area contributed by atoms with Crippen molar-refractivity contribution in [1.82, 2.24) is 5.43 Å².